The van der Waals surface area contributed by atoms with Crippen LogP contribution in [0.4, 0.5) is 4.79 Å². The van der Waals surface area contributed by atoms with E-state index in [2.05, 4.69) is 77.2 Å². The van der Waals surface area contributed by atoms with Gasteiger partial charge in [-0.25, -0.2) is 14.8 Å². The Bertz CT molecular complexity index is 1890. The number of hydrogen-bond donors (Lipinski definition) is 4. The van der Waals surface area contributed by atoms with Crippen LogP contribution in [0.1, 0.15) is 63.3 Å². The molecule has 12 heteroatoms. The molecule has 0 spiro atoms. The molecule has 12 nitrogen and oxygen atoms in total. The minimum atomic E-state index is -0.671. The Balaban J connectivity index is 1.06. The number of benzene rings is 2. The van der Waals surface area contributed by atoms with Gasteiger partial charge < -0.3 is 30.2 Å². The van der Waals surface area contributed by atoms with Gasteiger partial charge in [0.15, 0.2) is 0 Å². The Morgan fingerprint density at radius 3 is 2.30 bits per heavy atom. The molecule has 5 heterocycles. The van der Waals surface area contributed by atoms with Gasteiger partial charge in [-0.15, -0.1) is 10.2 Å². The summed E-state index contributed by atoms with van der Waals surface area (Å²) in [7, 11) is 1.30. The van der Waals surface area contributed by atoms with Gasteiger partial charge in [0.2, 0.25) is 5.91 Å². The zero-order chi connectivity index (χ0) is 32.5. The summed E-state index contributed by atoms with van der Waals surface area (Å²) < 4.78 is 4.75. The summed E-state index contributed by atoms with van der Waals surface area (Å²) in [5.74, 6) is 1.47. The van der Waals surface area contributed by atoms with Crippen molar-refractivity contribution >= 4 is 22.8 Å². The summed E-state index contributed by atoms with van der Waals surface area (Å²) in [6, 6.07) is 16.0. The second-order valence-electron chi connectivity index (χ2n) is 12.6. The molecule has 242 valence electrons. The van der Waals surface area contributed by atoms with E-state index in [4.69, 9.17) is 4.74 Å². The summed E-state index contributed by atoms with van der Waals surface area (Å²) in [5.41, 5.74) is 5.29. The molecule has 0 unspecified atom stereocenters. The van der Waals surface area contributed by atoms with Crippen molar-refractivity contribution in [2.75, 3.05) is 20.2 Å². The topological polar surface area (TPSA) is 154 Å². The minimum absolute atomic E-state index is 0.0889. The quantitative estimate of drug-likeness (QED) is 0.174. The summed E-state index contributed by atoms with van der Waals surface area (Å²) in [5, 5.41) is 17.3. The number of ether oxygens (including phenoxy) is 1. The van der Waals surface area contributed by atoms with Gasteiger partial charge in [0.25, 0.3) is 0 Å². The molecule has 2 aromatic carbocycles. The lowest BCUT2D eigenvalue weighted by Crippen LogP contribution is -2.51. The van der Waals surface area contributed by atoms with Gasteiger partial charge in [0, 0.05) is 17.7 Å². The Morgan fingerprint density at radius 2 is 1.57 bits per heavy atom. The standard InChI is InChI=1S/C35H39N9O3/c1-20(2)31(41-35(46)47-3)34(45)44-15-5-7-30(44)33-38-18-28(39-33)24-11-9-21-16-23(10-8-22(21)17-24)25-12-13-26(43-42-25)29-19-37-32(40-29)27-6-4-14-36-27/h8-13,16-20,27,30-31,36H,4-7,14-15H2,1-3H3,(H,37,40)(H,38,39)(H,41,46)/t27-,30-,31-/m0/s1. The molecule has 2 aliphatic heterocycles. The SMILES string of the molecule is COC(=O)N[C@H](C(=O)N1CCC[C@H]1c1ncc(-c2ccc3cc(-c4ccc(-c5cnc([C@@H]6CCCN6)[nH]5)nn4)ccc3c2)[nH]1)C(C)C. The zero-order valence-electron chi connectivity index (χ0n) is 26.8. The molecule has 3 atom stereocenters. The number of fused-ring (bicyclic) bond motifs is 1. The average Bonchev–Trinajstić information content (AvgIpc) is 3.93. The van der Waals surface area contributed by atoms with E-state index in [9.17, 15) is 9.59 Å². The first-order chi connectivity index (χ1) is 22.9. The van der Waals surface area contributed by atoms with Crippen molar-refractivity contribution in [2.24, 2.45) is 5.92 Å². The van der Waals surface area contributed by atoms with Gasteiger partial charge in [0.05, 0.1) is 48.7 Å². The van der Waals surface area contributed by atoms with Crippen molar-refractivity contribution in [1.82, 2.24) is 45.7 Å². The number of nitrogens with one attached hydrogen (secondary N) is 4. The number of aromatic nitrogens is 6. The molecule has 0 bridgehead atoms. The van der Waals surface area contributed by atoms with Crippen molar-refractivity contribution in [1.29, 1.82) is 0 Å². The lowest BCUT2D eigenvalue weighted by Gasteiger charge is -2.30. The Labute approximate surface area is 272 Å². The highest BCUT2D eigenvalue weighted by Gasteiger charge is 2.37. The van der Waals surface area contributed by atoms with Crippen LogP contribution in [0.25, 0.3) is 44.7 Å². The van der Waals surface area contributed by atoms with Crippen molar-refractivity contribution < 1.29 is 14.3 Å². The second kappa shape index (κ2) is 13.0. The summed E-state index contributed by atoms with van der Waals surface area (Å²) in [6.45, 7) is 5.45. The van der Waals surface area contributed by atoms with Crippen LogP contribution in [0.2, 0.25) is 0 Å². The van der Waals surface area contributed by atoms with Gasteiger partial charge in [0.1, 0.15) is 23.4 Å². The van der Waals surface area contributed by atoms with Gasteiger partial charge in [-0.3, -0.25) is 4.79 Å². The zero-order valence-corrected chi connectivity index (χ0v) is 26.8. The number of methoxy groups -OCH3 is 1. The fourth-order valence-electron chi connectivity index (χ4n) is 6.61. The first-order valence-corrected chi connectivity index (χ1v) is 16.2. The molecule has 2 amide bonds. The van der Waals surface area contributed by atoms with Gasteiger partial charge in [-0.1, -0.05) is 38.1 Å². The number of carbonyl (C=O) groups excluding carboxylic acids is 2. The van der Waals surface area contributed by atoms with Crippen molar-refractivity contribution in [2.45, 2.75) is 57.7 Å². The van der Waals surface area contributed by atoms with Crippen molar-refractivity contribution in [3.8, 4) is 33.9 Å². The third kappa shape index (κ3) is 6.20. The smallest absolute Gasteiger partial charge is 0.407 e. The normalized spacial score (nSPS) is 18.6. The number of aromatic amines is 2. The maximum Gasteiger partial charge on any atom is 0.407 e. The first-order valence-electron chi connectivity index (χ1n) is 16.2. The van der Waals surface area contributed by atoms with Crippen LogP contribution in [0.5, 0.6) is 0 Å². The number of hydrogen-bond acceptors (Lipinski definition) is 8. The molecule has 4 N–H and O–H groups in total. The van der Waals surface area contributed by atoms with Crippen LogP contribution in [0.3, 0.4) is 0 Å². The molecule has 0 radical (unpaired) electrons. The van der Waals surface area contributed by atoms with E-state index in [1.807, 2.05) is 43.3 Å². The number of imidazole rings is 2. The second-order valence-corrected chi connectivity index (χ2v) is 12.6. The van der Waals surface area contributed by atoms with Crippen LogP contribution < -0.4 is 10.6 Å². The predicted octanol–water partition coefficient (Wildman–Crippen LogP) is 5.55. The minimum Gasteiger partial charge on any atom is -0.453 e. The highest BCUT2D eigenvalue weighted by molar-refractivity contribution is 5.90. The third-order valence-electron chi connectivity index (χ3n) is 9.21. The Morgan fingerprint density at radius 1 is 0.872 bits per heavy atom. The van der Waals surface area contributed by atoms with Crippen LogP contribution in [-0.4, -0.2) is 73.3 Å². The molecule has 47 heavy (non-hydrogen) atoms. The lowest BCUT2D eigenvalue weighted by molar-refractivity contribution is -0.135. The number of carbonyl (C=O) groups is 2. The van der Waals surface area contributed by atoms with E-state index in [0.29, 0.717) is 6.54 Å². The van der Waals surface area contributed by atoms with Crippen LogP contribution in [0, 0.1) is 5.92 Å². The summed E-state index contributed by atoms with van der Waals surface area (Å²) >= 11 is 0. The molecule has 2 fully saturated rings. The highest BCUT2D eigenvalue weighted by Crippen LogP contribution is 2.34. The number of alkyl carbamates (subject to hydrolysis) is 1. The summed E-state index contributed by atoms with van der Waals surface area (Å²) in [6.07, 6.45) is 6.94. The fourth-order valence-corrected chi connectivity index (χ4v) is 6.61. The average molecular weight is 634 g/mol. The Kier molecular flexibility index (Phi) is 8.42. The molecule has 5 aromatic rings. The van der Waals surface area contributed by atoms with Gasteiger partial charge in [-0.05, 0) is 73.2 Å². The van der Waals surface area contributed by atoms with Crippen LogP contribution >= 0.6 is 0 Å². The molecule has 7 rings (SSSR count). The number of likely N-dealkylation sites (tertiary alicyclic amines) is 1. The van der Waals surface area contributed by atoms with Gasteiger partial charge >= 0.3 is 6.09 Å². The molecule has 3 aromatic heterocycles. The highest BCUT2D eigenvalue weighted by atomic mass is 16.5. The molecule has 2 saturated heterocycles. The van der Waals surface area contributed by atoms with E-state index in [1.54, 1.807) is 0 Å². The van der Waals surface area contributed by atoms with E-state index < -0.39 is 12.1 Å². The maximum atomic E-state index is 13.5. The fraction of sp³-hybridized carbons (Fsp3) is 0.371. The van der Waals surface area contributed by atoms with Gasteiger partial charge in [-0.2, -0.15) is 0 Å². The van der Waals surface area contributed by atoms with Crippen molar-refractivity contribution in [3.63, 3.8) is 0 Å². The Hall–Kier alpha value is -5.10. The monoisotopic (exact) mass is 633 g/mol. The predicted molar refractivity (Wildman–Crippen MR) is 178 cm³/mol. The molecule has 0 saturated carbocycles. The van der Waals surface area contributed by atoms with E-state index >= 15 is 0 Å². The van der Waals surface area contributed by atoms with Crippen molar-refractivity contribution in [3.05, 3.63) is 72.6 Å². The van der Waals surface area contributed by atoms with E-state index in [1.165, 1.54) is 7.11 Å². The number of rotatable bonds is 8. The van der Waals surface area contributed by atoms with E-state index in [0.717, 1.165) is 88.6 Å². The number of nitrogens with zero attached hydrogens (tertiary/aromatic N) is 5. The number of H-pyrrole nitrogens is 2. The molecular weight excluding hydrogens is 594 g/mol. The van der Waals surface area contributed by atoms with Crippen LogP contribution in [-0.2, 0) is 9.53 Å². The lowest BCUT2D eigenvalue weighted by atomic mass is 10.0. The largest absolute Gasteiger partial charge is 0.453 e. The first kappa shape index (κ1) is 30.5. The molecule has 0 aliphatic carbocycles. The summed E-state index contributed by atoms with van der Waals surface area (Å²) in [4.78, 5) is 43.3. The third-order valence-corrected chi connectivity index (χ3v) is 9.21. The molecular formula is C35H39N9O3. The van der Waals surface area contributed by atoms with Crippen LogP contribution in [0.15, 0.2) is 60.9 Å². The molecule has 2 aliphatic rings. The maximum absolute atomic E-state index is 13.5. The number of amides is 2. The van der Waals surface area contributed by atoms with E-state index in [-0.39, 0.29) is 23.9 Å².